The summed E-state index contributed by atoms with van der Waals surface area (Å²) in [5.41, 5.74) is 1.85. The average Bonchev–Trinajstić information content (AvgIpc) is 0.894. The molecule has 1 aromatic rings. The van der Waals surface area contributed by atoms with Gasteiger partial charge in [-0.1, -0.05) is 83.9 Å². The van der Waals surface area contributed by atoms with Gasteiger partial charge in [0.15, 0.2) is 41.8 Å². The van der Waals surface area contributed by atoms with Crippen molar-refractivity contribution in [2.24, 2.45) is 0 Å². The fourth-order valence-corrected chi connectivity index (χ4v) is 14.9. The van der Waals surface area contributed by atoms with Crippen molar-refractivity contribution in [1.82, 2.24) is 10.4 Å². The van der Waals surface area contributed by atoms with Crippen LogP contribution in [0.4, 0.5) is 0 Å². The van der Waals surface area contributed by atoms with Crippen molar-refractivity contribution in [3.8, 4) is 40.9 Å². The van der Waals surface area contributed by atoms with E-state index in [1.54, 1.807) is 49.5 Å². The number of methoxy groups -OCH3 is 4. The van der Waals surface area contributed by atoms with Gasteiger partial charge in [-0.2, -0.15) is 5.48 Å². The number of allylic oxidation sites excluding steroid dienone is 3. The largest absolute Gasteiger partial charge is 0.492 e. The third-order valence-corrected chi connectivity index (χ3v) is 21.2. The third-order valence-electron chi connectivity index (χ3n) is 15.8. The molecule has 2 aliphatic carbocycles. The molecule has 0 radical (unpaired) electrons. The maximum Gasteiger partial charge on any atom is 0.317 e. The Morgan fingerprint density at radius 3 is 2.24 bits per heavy atom. The van der Waals surface area contributed by atoms with Gasteiger partial charge in [-0.3, -0.25) is 28.9 Å². The highest BCUT2D eigenvalue weighted by atomic mass is 127. The van der Waals surface area contributed by atoms with E-state index < -0.39 is 139 Å². The van der Waals surface area contributed by atoms with E-state index in [4.69, 9.17) is 56.9 Å². The van der Waals surface area contributed by atoms with Gasteiger partial charge in [-0.15, -0.1) is 0 Å². The summed E-state index contributed by atoms with van der Waals surface area (Å²) < 4.78 is 67.9. The second-order valence-electron chi connectivity index (χ2n) is 22.2. The Morgan fingerprint density at radius 1 is 0.898 bits per heavy atom. The minimum absolute atomic E-state index is 0.0157. The van der Waals surface area contributed by atoms with Crippen LogP contribution < -0.4 is 19.7 Å². The number of Topliss-reactive ketones (excluding diaryl/α,β-unsaturated/α-hetero) is 2. The van der Waals surface area contributed by atoms with Crippen LogP contribution in [0.15, 0.2) is 34.9 Å². The van der Waals surface area contributed by atoms with E-state index in [9.17, 15) is 49.8 Å². The zero-order valence-electron chi connectivity index (χ0n) is 51.1. The molecule has 88 heavy (non-hydrogen) atoms. The molecule has 6 aliphatic rings. The summed E-state index contributed by atoms with van der Waals surface area (Å²) in [5.74, 6) is 10.2. The first-order valence-electron chi connectivity index (χ1n) is 28.8. The number of ketones is 2. The van der Waals surface area contributed by atoms with Gasteiger partial charge in [0.1, 0.15) is 42.4 Å². The van der Waals surface area contributed by atoms with Gasteiger partial charge in [0.2, 0.25) is 17.2 Å². The number of carboxylic acids is 1. The van der Waals surface area contributed by atoms with E-state index in [2.05, 4.69) is 29.2 Å². The summed E-state index contributed by atoms with van der Waals surface area (Å²) >= 11 is 2.81. The molecule has 4 aliphatic heterocycles. The zero-order valence-corrected chi connectivity index (χ0v) is 55.7. The number of fused-ring (bicyclic) bond motifs is 2. The summed E-state index contributed by atoms with van der Waals surface area (Å²) in [6, 6.07) is -1.62. The highest BCUT2D eigenvalue weighted by Crippen LogP contribution is 2.49. The molecular formula is C60H81IN2O22S3. The highest BCUT2D eigenvalue weighted by molar-refractivity contribution is 14.1. The van der Waals surface area contributed by atoms with Crippen molar-refractivity contribution in [2.45, 2.75) is 202 Å². The van der Waals surface area contributed by atoms with E-state index in [0.717, 1.165) is 11.8 Å². The van der Waals surface area contributed by atoms with Gasteiger partial charge in [-0.05, 0) is 81.5 Å². The summed E-state index contributed by atoms with van der Waals surface area (Å²) in [6.45, 7) is 13.9. The minimum Gasteiger partial charge on any atom is -0.492 e. The quantitative estimate of drug-likeness (QED) is 0.0241. The molecule has 4 fully saturated rings. The lowest BCUT2D eigenvalue weighted by atomic mass is 9.72. The molecule has 7 N–H and O–H groups in total. The van der Waals surface area contributed by atoms with Gasteiger partial charge in [0.05, 0.1) is 90.8 Å². The Hall–Kier alpha value is -3.42. The lowest BCUT2D eigenvalue weighted by Crippen LogP contribution is -2.65. The van der Waals surface area contributed by atoms with Crippen LogP contribution in [0.2, 0.25) is 0 Å². The Morgan fingerprint density at radius 2 is 1.60 bits per heavy atom. The van der Waals surface area contributed by atoms with Crippen LogP contribution in [0.1, 0.15) is 90.1 Å². The third kappa shape index (κ3) is 16.9. The number of thioether (sulfide) groups is 1. The molecule has 4 saturated heterocycles. The summed E-state index contributed by atoms with van der Waals surface area (Å²) in [4.78, 5) is 61.3. The van der Waals surface area contributed by atoms with Gasteiger partial charge in [-0.25, -0.2) is 0 Å². The van der Waals surface area contributed by atoms with Crippen molar-refractivity contribution < 1.29 is 107 Å². The Labute approximate surface area is 538 Å². The van der Waals surface area contributed by atoms with Crippen LogP contribution >= 0.6 is 55.9 Å². The van der Waals surface area contributed by atoms with Crippen LogP contribution in [-0.4, -0.2) is 233 Å². The number of aliphatic hydroxyl groups excluding tert-OH is 4. The number of carbonyl (C=O) groups is 4. The molecule has 0 amide bonds. The first-order chi connectivity index (χ1) is 41.8. The molecule has 7 rings (SSSR count). The Balaban J connectivity index is 1.13. The van der Waals surface area contributed by atoms with Crippen molar-refractivity contribution >= 4 is 78.6 Å². The number of aliphatic carboxylic acids is 1. The second-order valence-corrected chi connectivity index (χ2v) is 27.4. The maximum atomic E-state index is 14.5. The molecule has 19 atom stereocenters. The second kappa shape index (κ2) is 32.4. The molecule has 24 nitrogen and oxygen atoms in total. The standard InChI is InChI=1S/C60H81IN2O22S3/c1-13-63(26-41(67)68)36-27-78-42(24-40(36)74-9)83-54-49(70)47(31(6)80-59(54)82-39-18-16-14-15-17-20-60(73)25-38(66)34(22-29(4)64)45(39)35(60)19-21-86-88-28(2)3)62-85-43-23-37(65)56(33(8)79-43)87-57(72)44-30(5)46(61)52(55(77-12)51(44)75-10)84-58-50(71)53(76-11)48(69)32(7)81-58/h14-15,19,28,31-33,36-37,39-40,42-43,47-50,53-54,56,58-59,62,65,69-71,73H,13,21-27H2,1-12H3,(H,67,68)/b15-14-,35-19+/t31-,32+,33-,36+,37+,39+,40+,42+,43+,47-,48+,49+,50-,53-,54-,56-,58+,59+,60+/m1/s1. The monoisotopic (exact) mass is 1400 g/mol. The molecule has 488 valence electrons. The predicted molar refractivity (Wildman–Crippen MR) is 332 cm³/mol. The number of carbonyl (C=O) groups excluding carboxylic acids is 3. The molecule has 4 heterocycles. The SMILES string of the molecule is CCN(CC(=O)O)[C@H]1CO[C@@H](O[C@H]2[C@H](O[C@H]3C#C/C=C\C#C[C@]4(O)CC(=O)C(CC(C)=O)=C3/C4=C\CSSC(C)C)O[C@H](C)[C@@H](NO[C@H]3C[C@H](O)[C@H](SC(=O)c4c(C)c(I)c(O[C@@H]5O[C@@H](C)[C@H](O)[C@@H](OC)[C@H]5O)c(OC)c4OC)[C@@H](C)O3)[C@@H]2O)C[C@@H]1OC. The number of ether oxygens (including phenoxy) is 11. The number of aliphatic hydroxyl groups is 5. The summed E-state index contributed by atoms with van der Waals surface area (Å²) in [5, 5.41) is 67.0. The predicted octanol–water partition coefficient (Wildman–Crippen LogP) is 3.79. The number of benzene rings is 1. The fourth-order valence-electron chi connectivity index (χ4n) is 11.3. The van der Waals surface area contributed by atoms with E-state index >= 15 is 0 Å². The number of likely N-dealkylation sites (N-methyl/N-ethyl adjacent to an activating group) is 1. The van der Waals surface area contributed by atoms with Crippen LogP contribution in [0.5, 0.6) is 17.2 Å². The van der Waals surface area contributed by atoms with Crippen LogP contribution in [0.3, 0.4) is 0 Å². The lowest BCUT2D eigenvalue weighted by Gasteiger charge is -2.47. The zero-order chi connectivity index (χ0) is 64.5. The number of rotatable bonds is 25. The number of nitrogens with zero attached hydrogens (tertiary/aromatic N) is 1. The minimum atomic E-state index is -2.01. The van der Waals surface area contributed by atoms with Crippen molar-refractivity contribution in [3.05, 3.63) is 49.6 Å². The smallest absolute Gasteiger partial charge is 0.317 e. The van der Waals surface area contributed by atoms with Crippen LogP contribution in [0.25, 0.3) is 0 Å². The molecule has 0 spiro atoms. The Kier molecular flexibility index (Phi) is 26.5. The number of hydrogen-bond acceptors (Lipinski definition) is 26. The first-order valence-corrected chi connectivity index (χ1v) is 33.2. The van der Waals surface area contributed by atoms with Gasteiger partial charge in [0, 0.05) is 61.2 Å². The van der Waals surface area contributed by atoms with E-state index in [1.165, 1.54) is 58.3 Å². The number of hydroxylamine groups is 1. The molecule has 1 aromatic carbocycles. The summed E-state index contributed by atoms with van der Waals surface area (Å²) in [7, 11) is 8.67. The van der Waals surface area contributed by atoms with Gasteiger partial charge in [0.25, 0.3) is 0 Å². The van der Waals surface area contributed by atoms with Crippen molar-refractivity contribution in [2.75, 3.05) is 53.9 Å². The molecular weight excluding hydrogens is 1320 g/mol. The maximum absolute atomic E-state index is 14.5. The van der Waals surface area contributed by atoms with Crippen LogP contribution in [-0.2, 0) is 57.1 Å². The lowest BCUT2D eigenvalue weighted by molar-refractivity contribution is -0.337. The molecule has 0 aromatic heterocycles. The van der Waals surface area contributed by atoms with E-state index in [1.807, 2.05) is 43.4 Å². The summed E-state index contributed by atoms with van der Waals surface area (Å²) in [6.07, 6.45) is -13.7. The highest BCUT2D eigenvalue weighted by Gasteiger charge is 2.52. The number of hydrogen-bond donors (Lipinski definition) is 7. The van der Waals surface area contributed by atoms with Gasteiger partial charge < -0.3 is 82.7 Å². The number of nitrogens with one attached hydrogen (secondary N) is 1. The number of halogens is 1. The normalized spacial score (nSPS) is 35.0. The average molecular weight is 1410 g/mol. The fraction of sp³-hybridized carbons (Fsp3) is 0.667. The van der Waals surface area contributed by atoms with Crippen molar-refractivity contribution in [1.29, 1.82) is 0 Å². The molecule has 2 bridgehead atoms. The molecule has 0 unspecified atom stereocenters. The van der Waals surface area contributed by atoms with Crippen LogP contribution in [0, 0.1) is 34.2 Å². The Bertz CT molecular complexity index is 2880. The molecule has 0 saturated carbocycles. The van der Waals surface area contributed by atoms with E-state index in [0.29, 0.717) is 21.4 Å². The topological polar surface area (TPSA) is 316 Å². The molecule has 28 heteroatoms. The number of carboxylic acid groups (broad SMARTS) is 1. The van der Waals surface area contributed by atoms with Crippen molar-refractivity contribution in [3.63, 3.8) is 0 Å². The van der Waals surface area contributed by atoms with Gasteiger partial charge >= 0.3 is 5.97 Å². The van der Waals surface area contributed by atoms with E-state index in [-0.39, 0.29) is 83.0 Å². The first kappa shape index (κ1) is 72.0.